The van der Waals surface area contributed by atoms with Crippen LogP contribution in [0.3, 0.4) is 0 Å². The number of ether oxygens (including phenoxy) is 2. The highest BCUT2D eigenvalue weighted by atomic mass is 35.5. The van der Waals surface area contributed by atoms with E-state index in [-0.39, 0.29) is 17.6 Å². The number of halogens is 3. The van der Waals surface area contributed by atoms with Crippen molar-refractivity contribution in [1.82, 2.24) is 20.3 Å². The normalized spacial score (nSPS) is 33.9. The van der Waals surface area contributed by atoms with Gasteiger partial charge >= 0.3 is 0 Å². The summed E-state index contributed by atoms with van der Waals surface area (Å²) < 4.78 is 42.4. The van der Waals surface area contributed by atoms with Crippen LogP contribution in [0, 0.1) is 5.92 Å². The van der Waals surface area contributed by atoms with Gasteiger partial charge in [-0.05, 0) is 25.8 Å². The van der Waals surface area contributed by atoms with E-state index in [1.54, 1.807) is 0 Å². The number of hydrogen-bond acceptors (Lipinski definition) is 6. The van der Waals surface area contributed by atoms with Crippen LogP contribution >= 0.6 is 22.9 Å². The molecule has 0 amide bonds. The van der Waals surface area contributed by atoms with Crippen molar-refractivity contribution in [2.45, 2.75) is 56.3 Å². The number of nitrogens with one attached hydrogen (secondary N) is 1. The Kier molecular flexibility index (Phi) is 4.94. The number of hydrogen-bond donors (Lipinski definition) is 1. The monoisotopic (exact) mass is 444 g/mol. The Hall–Kier alpha value is -1.13. The first-order valence-electron chi connectivity index (χ1n) is 9.90. The molecule has 158 valence electrons. The van der Waals surface area contributed by atoms with Gasteiger partial charge < -0.3 is 14.8 Å². The molecule has 2 aromatic heterocycles. The molecule has 0 aromatic carbocycles. The number of aromatic nitrogens is 3. The van der Waals surface area contributed by atoms with E-state index in [9.17, 15) is 8.78 Å². The van der Waals surface area contributed by atoms with E-state index in [0.717, 1.165) is 31.9 Å². The molecule has 1 N–H and O–H groups in total. The summed E-state index contributed by atoms with van der Waals surface area (Å²) in [6, 6.07) is 1.34. The Morgan fingerprint density at radius 1 is 1.41 bits per heavy atom. The number of piperidine rings is 1. The third kappa shape index (κ3) is 3.61. The standard InChI is InChI=1S/C19H23ClF2N4O2S/c1-11-5-18(17-13(4-16(20)29-17)19(21,22)10-28-18)6-14(23-11)15-8-26(25-24-15)7-12-2-3-27-9-12/h4,8,11-12,14,23H,2-3,5-7,9-10H2,1H3/t11-,12?,14-,18-/m0/s1. The van der Waals surface area contributed by atoms with Crippen LogP contribution in [0.5, 0.6) is 0 Å². The zero-order chi connectivity index (χ0) is 20.2. The molecule has 5 rings (SSSR count). The molecule has 1 unspecified atom stereocenters. The number of fused-ring (bicyclic) bond motifs is 2. The van der Waals surface area contributed by atoms with Gasteiger partial charge in [0.2, 0.25) is 0 Å². The van der Waals surface area contributed by atoms with Gasteiger partial charge in [0.05, 0.1) is 28.9 Å². The van der Waals surface area contributed by atoms with E-state index in [2.05, 4.69) is 15.6 Å². The lowest BCUT2D eigenvalue weighted by Gasteiger charge is -2.47. The fourth-order valence-corrected chi connectivity index (χ4v) is 6.20. The molecule has 0 bridgehead atoms. The topological polar surface area (TPSA) is 61.2 Å². The summed E-state index contributed by atoms with van der Waals surface area (Å²) in [6.45, 7) is 3.74. The number of rotatable bonds is 3. The van der Waals surface area contributed by atoms with E-state index in [4.69, 9.17) is 21.1 Å². The second-order valence-corrected chi connectivity index (χ2v) is 10.1. The molecule has 0 saturated carbocycles. The van der Waals surface area contributed by atoms with Crippen LogP contribution in [0.1, 0.15) is 48.4 Å². The van der Waals surface area contributed by atoms with Gasteiger partial charge in [0.25, 0.3) is 5.92 Å². The van der Waals surface area contributed by atoms with Gasteiger partial charge in [0, 0.05) is 42.0 Å². The maximum atomic E-state index is 14.4. The molecule has 0 radical (unpaired) electrons. The predicted octanol–water partition coefficient (Wildman–Crippen LogP) is 3.86. The van der Waals surface area contributed by atoms with E-state index < -0.39 is 18.1 Å². The third-order valence-corrected chi connectivity index (χ3v) is 7.53. The van der Waals surface area contributed by atoms with Crippen LogP contribution in [-0.2, 0) is 27.5 Å². The highest BCUT2D eigenvalue weighted by Gasteiger charge is 2.53. The summed E-state index contributed by atoms with van der Waals surface area (Å²) >= 11 is 7.33. The molecule has 0 aliphatic carbocycles. The van der Waals surface area contributed by atoms with Crippen LogP contribution in [0.25, 0.3) is 0 Å². The summed E-state index contributed by atoms with van der Waals surface area (Å²) in [5.74, 6) is -2.56. The van der Waals surface area contributed by atoms with Crippen molar-refractivity contribution in [1.29, 1.82) is 0 Å². The summed E-state index contributed by atoms with van der Waals surface area (Å²) in [7, 11) is 0. The first-order chi connectivity index (χ1) is 13.8. The molecule has 29 heavy (non-hydrogen) atoms. The van der Waals surface area contributed by atoms with Gasteiger partial charge in [-0.2, -0.15) is 8.78 Å². The van der Waals surface area contributed by atoms with E-state index in [0.29, 0.717) is 28.0 Å². The maximum absolute atomic E-state index is 14.4. The highest BCUT2D eigenvalue weighted by molar-refractivity contribution is 7.16. The van der Waals surface area contributed by atoms with Gasteiger partial charge in [-0.1, -0.05) is 16.8 Å². The average molecular weight is 445 g/mol. The minimum atomic E-state index is -3.01. The number of alkyl halides is 2. The van der Waals surface area contributed by atoms with E-state index in [1.165, 1.54) is 17.4 Å². The SMILES string of the molecule is C[C@H]1C[C@@]2(C[C@@H](c3cn(CC4CCOC4)nn3)N1)OCC(F)(F)c1cc(Cl)sc12. The minimum Gasteiger partial charge on any atom is -0.381 e. The molecule has 4 atom stereocenters. The molecular formula is C19H23ClF2N4O2S. The van der Waals surface area contributed by atoms with Crippen LogP contribution in [0.4, 0.5) is 8.78 Å². The Labute approximate surface area is 176 Å². The maximum Gasteiger partial charge on any atom is 0.297 e. The van der Waals surface area contributed by atoms with Crippen LogP contribution in [0.15, 0.2) is 12.3 Å². The molecule has 1 spiro atoms. The fourth-order valence-electron chi connectivity index (χ4n) is 4.76. The summed E-state index contributed by atoms with van der Waals surface area (Å²) in [6.07, 6.45) is 4.10. The predicted molar refractivity (Wildman–Crippen MR) is 104 cm³/mol. The molecular weight excluding hydrogens is 422 g/mol. The first-order valence-corrected chi connectivity index (χ1v) is 11.1. The lowest BCUT2D eigenvalue weighted by atomic mass is 9.78. The Bertz CT molecular complexity index is 901. The minimum absolute atomic E-state index is 0.0106. The van der Waals surface area contributed by atoms with Gasteiger partial charge in [-0.25, -0.2) is 0 Å². The molecule has 2 aromatic rings. The third-order valence-electron chi connectivity index (χ3n) is 6.08. The Morgan fingerprint density at radius 3 is 3.07 bits per heavy atom. The Morgan fingerprint density at radius 2 is 2.28 bits per heavy atom. The molecule has 6 nitrogen and oxygen atoms in total. The van der Waals surface area contributed by atoms with Gasteiger partial charge in [0.15, 0.2) is 0 Å². The first kappa shape index (κ1) is 19.8. The van der Waals surface area contributed by atoms with Crippen molar-refractivity contribution in [2.24, 2.45) is 5.92 Å². The second kappa shape index (κ2) is 7.23. The summed E-state index contributed by atoms with van der Waals surface area (Å²) in [4.78, 5) is 0.549. The quantitative estimate of drug-likeness (QED) is 0.779. The molecule has 5 heterocycles. The summed E-state index contributed by atoms with van der Waals surface area (Å²) in [5.41, 5.74) is 0.0317. The van der Waals surface area contributed by atoms with Crippen molar-refractivity contribution in [3.63, 3.8) is 0 Å². The number of thiophene rings is 1. The van der Waals surface area contributed by atoms with Crippen molar-refractivity contribution in [3.05, 3.63) is 32.7 Å². The van der Waals surface area contributed by atoms with Gasteiger partial charge in [-0.15, -0.1) is 16.4 Å². The number of nitrogens with zero attached hydrogens (tertiary/aromatic N) is 3. The van der Waals surface area contributed by atoms with Crippen molar-refractivity contribution >= 4 is 22.9 Å². The van der Waals surface area contributed by atoms with Gasteiger partial charge in [-0.3, -0.25) is 4.68 Å². The molecule has 3 aliphatic heterocycles. The zero-order valence-corrected chi connectivity index (χ0v) is 17.6. The van der Waals surface area contributed by atoms with E-state index in [1.807, 2.05) is 17.8 Å². The molecule has 10 heteroatoms. The molecule has 2 fully saturated rings. The van der Waals surface area contributed by atoms with Crippen LogP contribution < -0.4 is 5.32 Å². The van der Waals surface area contributed by atoms with Crippen molar-refractivity contribution < 1.29 is 18.3 Å². The Balaban J connectivity index is 1.42. The lowest BCUT2D eigenvalue weighted by molar-refractivity contribution is -0.183. The molecule has 3 aliphatic rings. The largest absolute Gasteiger partial charge is 0.381 e. The average Bonchev–Trinajstić information content (AvgIpc) is 3.40. The second-order valence-electron chi connectivity index (χ2n) is 8.40. The van der Waals surface area contributed by atoms with E-state index >= 15 is 0 Å². The highest BCUT2D eigenvalue weighted by Crippen LogP contribution is 2.54. The van der Waals surface area contributed by atoms with Crippen molar-refractivity contribution in [2.75, 3.05) is 19.8 Å². The smallest absolute Gasteiger partial charge is 0.297 e. The van der Waals surface area contributed by atoms with Crippen LogP contribution in [0.2, 0.25) is 4.34 Å². The zero-order valence-electron chi connectivity index (χ0n) is 16.0. The van der Waals surface area contributed by atoms with Crippen LogP contribution in [-0.4, -0.2) is 40.9 Å². The lowest BCUT2D eigenvalue weighted by Crippen LogP contribution is -2.51. The molecule has 2 saturated heterocycles. The fraction of sp³-hybridized carbons (Fsp3) is 0.684. The van der Waals surface area contributed by atoms with Crippen molar-refractivity contribution in [3.8, 4) is 0 Å². The summed E-state index contributed by atoms with van der Waals surface area (Å²) in [5, 5.41) is 12.2. The van der Waals surface area contributed by atoms with Gasteiger partial charge in [0.1, 0.15) is 12.2 Å².